The number of imidazole rings is 1. The molecule has 3 rings (SSSR count). The number of benzene rings is 1. The highest BCUT2D eigenvalue weighted by molar-refractivity contribution is 5.78. The van der Waals surface area contributed by atoms with Crippen LogP contribution in [0.1, 0.15) is 17.4 Å². The van der Waals surface area contributed by atoms with Gasteiger partial charge in [0.05, 0.1) is 19.7 Å². The Balaban J connectivity index is 2.00. The quantitative estimate of drug-likeness (QED) is 0.861. The van der Waals surface area contributed by atoms with Crippen molar-refractivity contribution in [2.24, 2.45) is 0 Å². The number of para-hydroxylation sites is 1. The van der Waals surface area contributed by atoms with Gasteiger partial charge in [0.15, 0.2) is 0 Å². The number of hydrogen-bond donors (Lipinski definition) is 0. The first-order chi connectivity index (χ1) is 10.7. The molecule has 0 unspecified atom stereocenters. The molecule has 6 heteroatoms. The molecule has 1 aromatic carbocycles. The lowest BCUT2D eigenvalue weighted by Gasteiger charge is -2.37. The lowest BCUT2D eigenvalue weighted by molar-refractivity contribution is -0.139. The SMILES string of the molecule is COCC(=O)N1Cc2nccn2C[C@@H]1c1ccccc1OC. The Morgan fingerprint density at radius 3 is 2.95 bits per heavy atom. The first-order valence-electron chi connectivity index (χ1n) is 7.16. The molecule has 2 aromatic rings. The molecule has 0 aliphatic carbocycles. The Morgan fingerprint density at radius 2 is 2.18 bits per heavy atom. The number of amides is 1. The van der Waals surface area contributed by atoms with Crippen LogP contribution in [-0.2, 0) is 22.6 Å². The highest BCUT2D eigenvalue weighted by Gasteiger charge is 2.32. The molecule has 116 valence electrons. The van der Waals surface area contributed by atoms with Crippen LogP contribution in [0.4, 0.5) is 0 Å². The van der Waals surface area contributed by atoms with Gasteiger partial charge in [0.25, 0.3) is 0 Å². The van der Waals surface area contributed by atoms with E-state index in [4.69, 9.17) is 9.47 Å². The molecule has 0 radical (unpaired) electrons. The maximum atomic E-state index is 12.4. The highest BCUT2D eigenvalue weighted by atomic mass is 16.5. The van der Waals surface area contributed by atoms with Gasteiger partial charge in [-0.3, -0.25) is 4.79 Å². The second kappa shape index (κ2) is 6.19. The standard InChI is InChI=1S/C16H19N3O3/c1-21-11-16(20)19-10-15-17-7-8-18(15)9-13(19)12-5-3-4-6-14(12)22-2/h3-8,13H,9-11H2,1-2H3/t13-/m1/s1. The number of carbonyl (C=O) groups excluding carboxylic acids is 1. The van der Waals surface area contributed by atoms with Crippen LogP contribution in [0.2, 0.25) is 0 Å². The van der Waals surface area contributed by atoms with Crippen molar-refractivity contribution >= 4 is 5.91 Å². The van der Waals surface area contributed by atoms with Gasteiger partial charge in [-0.15, -0.1) is 0 Å². The monoisotopic (exact) mass is 301 g/mol. The minimum atomic E-state index is -0.0968. The van der Waals surface area contributed by atoms with Crippen molar-refractivity contribution < 1.29 is 14.3 Å². The van der Waals surface area contributed by atoms with Crippen molar-refractivity contribution in [3.63, 3.8) is 0 Å². The smallest absolute Gasteiger partial charge is 0.249 e. The molecule has 1 aliphatic heterocycles. The first-order valence-corrected chi connectivity index (χ1v) is 7.16. The van der Waals surface area contributed by atoms with Gasteiger partial charge in [0.1, 0.15) is 18.2 Å². The molecule has 0 N–H and O–H groups in total. The number of hydrogen-bond acceptors (Lipinski definition) is 4. The Hall–Kier alpha value is -2.34. The molecule has 0 saturated heterocycles. The maximum absolute atomic E-state index is 12.4. The summed E-state index contributed by atoms with van der Waals surface area (Å²) in [4.78, 5) is 18.6. The van der Waals surface area contributed by atoms with Crippen molar-refractivity contribution in [2.75, 3.05) is 20.8 Å². The third-order valence-electron chi connectivity index (χ3n) is 3.95. The average molecular weight is 301 g/mol. The van der Waals surface area contributed by atoms with Crippen LogP contribution in [0.5, 0.6) is 5.75 Å². The third kappa shape index (κ3) is 2.57. The molecule has 1 aromatic heterocycles. The minimum Gasteiger partial charge on any atom is -0.496 e. The lowest BCUT2D eigenvalue weighted by Crippen LogP contribution is -2.42. The van der Waals surface area contributed by atoms with E-state index >= 15 is 0 Å². The zero-order chi connectivity index (χ0) is 15.5. The van der Waals surface area contributed by atoms with Crippen molar-refractivity contribution in [1.82, 2.24) is 14.5 Å². The number of rotatable bonds is 4. The summed E-state index contributed by atoms with van der Waals surface area (Å²) in [5.41, 5.74) is 0.994. The molecule has 22 heavy (non-hydrogen) atoms. The van der Waals surface area contributed by atoms with E-state index in [2.05, 4.69) is 9.55 Å². The van der Waals surface area contributed by atoms with Gasteiger partial charge in [-0.2, -0.15) is 0 Å². The van der Waals surface area contributed by atoms with Gasteiger partial charge in [-0.1, -0.05) is 18.2 Å². The summed E-state index contributed by atoms with van der Waals surface area (Å²) in [7, 11) is 3.17. The zero-order valence-corrected chi connectivity index (χ0v) is 12.7. The van der Waals surface area contributed by atoms with E-state index < -0.39 is 0 Å². The Labute approximate surface area is 129 Å². The van der Waals surface area contributed by atoms with E-state index in [0.717, 1.165) is 17.1 Å². The Morgan fingerprint density at radius 1 is 1.36 bits per heavy atom. The highest BCUT2D eigenvalue weighted by Crippen LogP contribution is 2.34. The topological polar surface area (TPSA) is 56.6 Å². The van der Waals surface area contributed by atoms with Crippen LogP contribution < -0.4 is 4.74 Å². The summed E-state index contributed by atoms with van der Waals surface area (Å²) in [5, 5.41) is 0. The summed E-state index contributed by atoms with van der Waals surface area (Å²) in [6.45, 7) is 1.19. The number of ether oxygens (including phenoxy) is 2. The number of fused-ring (bicyclic) bond motifs is 1. The van der Waals surface area contributed by atoms with E-state index in [1.165, 1.54) is 7.11 Å². The fraction of sp³-hybridized carbons (Fsp3) is 0.375. The largest absolute Gasteiger partial charge is 0.496 e. The van der Waals surface area contributed by atoms with Crippen molar-refractivity contribution in [3.8, 4) is 5.75 Å². The fourth-order valence-electron chi connectivity index (χ4n) is 2.88. The van der Waals surface area contributed by atoms with Gasteiger partial charge in [-0.25, -0.2) is 4.98 Å². The van der Waals surface area contributed by atoms with Gasteiger partial charge in [-0.05, 0) is 6.07 Å². The van der Waals surface area contributed by atoms with Gasteiger partial charge < -0.3 is 18.9 Å². The minimum absolute atomic E-state index is 0.0485. The average Bonchev–Trinajstić information content (AvgIpc) is 3.01. The van der Waals surface area contributed by atoms with Crippen LogP contribution in [0.25, 0.3) is 0 Å². The Bertz CT molecular complexity index is 668. The molecule has 6 nitrogen and oxygen atoms in total. The number of methoxy groups -OCH3 is 2. The van der Waals surface area contributed by atoms with Crippen LogP contribution in [-0.4, -0.2) is 41.2 Å². The Kier molecular flexibility index (Phi) is 4.11. The van der Waals surface area contributed by atoms with E-state index in [-0.39, 0.29) is 18.6 Å². The summed E-state index contributed by atoms with van der Waals surface area (Å²) < 4.78 is 12.6. The normalized spacial score (nSPS) is 17.2. The maximum Gasteiger partial charge on any atom is 0.249 e. The lowest BCUT2D eigenvalue weighted by atomic mass is 10.0. The predicted octanol–water partition coefficient (Wildman–Crippen LogP) is 1.62. The molecule has 1 amide bonds. The van der Waals surface area contributed by atoms with E-state index in [1.807, 2.05) is 35.4 Å². The number of carbonyl (C=O) groups is 1. The molecule has 0 spiro atoms. The summed E-state index contributed by atoms with van der Waals surface area (Å²) in [5.74, 6) is 1.62. The van der Waals surface area contributed by atoms with Crippen molar-refractivity contribution in [1.29, 1.82) is 0 Å². The molecular formula is C16H19N3O3. The van der Waals surface area contributed by atoms with Crippen LogP contribution >= 0.6 is 0 Å². The summed E-state index contributed by atoms with van der Waals surface area (Å²) in [6, 6.07) is 7.70. The first kappa shape index (κ1) is 14.6. The predicted molar refractivity (Wildman–Crippen MR) is 80.4 cm³/mol. The summed E-state index contributed by atoms with van der Waals surface area (Å²) >= 11 is 0. The molecule has 0 saturated carbocycles. The van der Waals surface area contributed by atoms with Crippen LogP contribution in [0.15, 0.2) is 36.7 Å². The molecule has 2 heterocycles. The van der Waals surface area contributed by atoms with Gasteiger partial charge >= 0.3 is 0 Å². The number of aromatic nitrogens is 2. The molecule has 0 bridgehead atoms. The van der Waals surface area contributed by atoms with Crippen molar-refractivity contribution in [3.05, 3.63) is 48.0 Å². The molecule has 1 aliphatic rings. The van der Waals surface area contributed by atoms with E-state index in [1.54, 1.807) is 13.3 Å². The summed E-state index contributed by atoms with van der Waals surface area (Å²) in [6.07, 6.45) is 3.70. The van der Waals surface area contributed by atoms with E-state index in [0.29, 0.717) is 13.1 Å². The van der Waals surface area contributed by atoms with Gasteiger partial charge in [0, 0.05) is 31.6 Å². The second-order valence-corrected chi connectivity index (χ2v) is 5.21. The molecule has 1 atom stereocenters. The molecule has 0 fully saturated rings. The zero-order valence-electron chi connectivity index (χ0n) is 12.7. The van der Waals surface area contributed by atoms with Gasteiger partial charge in [0.2, 0.25) is 5.91 Å². The molecular weight excluding hydrogens is 282 g/mol. The van der Waals surface area contributed by atoms with Crippen molar-refractivity contribution in [2.45, 2.75) is 19.1 Å². The number of nitrogens with zero attached hydrogens (tertiary/aromatic N) is 3. The second-order valence-electron chi connectivity index (χ2n) is 5.21. The van der Waals surface area contributed by atoms with Crippen LogP contribution in [0, 0.1) is 0 Å². The van der Waals surface area contributed by atoms with E-state index in [9.17, 15) is 4.79 Å². The fourth-order valence-corrected chi connectivity index (χ4v) is 2.88. The third-order valence-corrected chi connectivity index (χ3v) is 3.95. The van der Waals surface area contributed by atoms with Crippen LogP contribution in [0.3, 0.4) is 0 Å².